The van der Waals surface area contributed by atoms with E-state index < -0.39 is 0 Å². The average Bonchev–Trinajstić information content (AvgIpc) is 2.07. The van der Waals surface area contributed by atoms with E-state index in [1.54, 1.807) is 0 Å². The van der Waals surface area contributed by atoms with E-state index in [-0.39, 0.29) is 0 Å². The Morgan fingerprint density at radius 2 is 2.45 bits per heavy atom. The van der Waals surface area contributed by atoms with Gasteiger partial charge in [0.25, 0.3) is 0 Å². The lowest BCUT2D eigenvalue weighted by atomic mass is 10.0. The molecule has 1 atom stereocenters. The molecule has 0 aliphatic heterocycles. The minimum atomic E-state index is 0.494. The second kappa shape index (κ2) is 3.91. The molecule has 0 aliphatic carbocycles. The Morgan fingerprint density at radius 1 is 1.64 bits per heavy atom. The average molecular weight is 147 g/mol. The van der Waals surface area contributed by atoms with Gasteiger partial charge in [-0.15, -0.1) is 6.58 Å². The van der Waals surface area contributed by atoms with E-state index in [0.29, 0.717) is 5.92 Å². The number of hydrogen-bond acceptors (Lipinski definition) is 1. The maximum Gasteiger partial charge on any atom is 0.0434 e. The lowest BCUT2D eigenvalue weighted by Crippen LogP contribution is -1.93. The van der Waals surface area contributed by atoms with Crippen molar-refractivity contribution in [2.24, 2.45) is 0 Å². The van der Waals surface area contributed by atoms with E-state index in [0.717, 1.165) is 12.1 Å². The molecule has 0 fully saturated rings. The molecule has 0 amide bonds. The van der Waals surface area contributed by atoms with Crippen molar-refractivity contribution in [1.82, 2.24) is 4.98 Å². The molecule has 1 aromatic rings. The Labute approximate surface area is 67.8 Å². The Bertz CT molecular complexity index is 216. The first-order valence-corrected chi connectivity index (χ1v) is 3.86. The van der Waals surface area contributed by atoms with E-state index in [1.807, 2.05) is 30.5 Å². The lowest BCUT2D eigenvalue weighted by Gasteiger charge is -2.05. The van der Waals surface area contributed by atoms with Gasteiger partial charge >= 0.3 is 0 Å². The summed E-state index contributed by atoms with van der Waals surface area (Å²) in [4.78, 5) is 4.25. The SMILES string of the molecule is C=CC[C@@H](C)c1ccccn1. The molecule has 0 bridgehead atoms. The molecule has 1 nitrogen and oxygen atoms in total. The molecule has 1 aromatic heterocycles. The Balaban J connectivity index is 2.68. The lowest BCUT2D eigenvalue weighted by molar-refractivity contribution is 0.750. The minimum Gasteiger partial charge on any atom is -0.261 e. The first-order valence-electron chi connectivity index (χ1n) is 3.86. The van der Waals surface area contributed by atoms with Crippen molar-refractivity contribution in [3.63, 3.8) is 0 Å². The number of aromatic nitrogens is 1. The first-order chi connectivity index (χ1) is 5.34. The predicted octanol–water partition coefficient (Wildman–Crippen LogP) is 2.76. The molecular formula is C10H13N. The molecule has 0 unspecified atom stereocenters. The predicted molar refractivity (Wildman–Crippen MR) is 47.5 cm³/mol. The van der Waals surface area contributed by atoms with Gasteiger partial charge < -0.3 is 0 Å². The van der Waals surface area contributed by atoms with Crippen LogP contribution in [0.15, 0.2) is 37.1 Å². The summed E-state index contributed by atoms with van der Waals surface area (Å²) in [6, 6.07) is 6.00. The van der Waals surface area contributed by atoms with Crippen LogP contribution in [0.3, 0.4) is 0 Å². The van der Waals surface area contributed by atoms with E-state index in [2.05, 4.69) is 18.5 Å². The molecule has 1 rings (SSSR count). The number of pyridine rings is 1. The topological polar surface area (TPSA) is 12.9 Å². The Hall–Kier alpha value is -1.11. The largest absolute Gasteiger partial charge is 0.261 e. The van der Waals surface area contributed by atoms with Crippen molar-refractivity contribution < 1.29 is 0 Å². The fourth-order valence-electron chi connectivity index (χ4n) is 1.04. The molecule has 0 saturated carbocycles. The van der Waals surface area contributed by atoms with Crippen molar-refractivity contribution in [3.8, 4) is 0 Å². The van der Waals surface area contributed by atoms with Crippen molar-refractivity contribution in [1.29, 1.82) is 0 Å². The van der Waals surface area contributed by atoms with Crippen molar-refractivity contribution >= 4 is 0 Å². The van der Waals surface area contributed by atoms with Gasteiger partial charge in [-0.2, -0.15) is 0 Å². The van der Waals surface area contributed by atoms with Gasteiger partial charge in [0.15, 0.2) is 0 Å². The summed E-state index contributed by atoms with van der Waals surface area (Å²) in [6.45, 7) is 5.86. The summed E-state index contributed by atoms with van der Waals surface area (Å²) < 4.78 is 0. The first kappa shape index (κ1) is 7.99. The highest BCUT2D eigenvalue weighted by atomic mass is 14.7. The van der Waals surface area contributed by atoms with Crippen LogP contribution in [-0.4, -0.2) is 4.98 Å². The number of allylic oxidation sites excluding steroid dienone is 1. The third-order valence-corrected chi connectivity index (χ3v) is 1.71. The summed E-state index contributed by atoms with van der Waals surface area (Å²) in [5.41, 5.74) is 1.15. The maximum atomic E-state index is 4.25. The molecule has 58 valence electrons. The summed E-state index contributed by atoms with van der Waals surface area (Å²) in [5.74, 6) is 0.494. The molecule has 0 saturated heterocycles. The number of nitrogens with zero attached hydrogens (tertiary/aromatic N) is 1. The second-order valence-corrected chi connectivity index (χ2v) is 2.68. The quantitative estimate of drug-likeness (QED) is 0.599. The van der Waals surface area contributed by atoms with Crippen LogP contribution in [-0.2, 0) is 0 Å². The molecule has 0 spiro atoms. The zero-order valence-electron chi connectivity index (χ0n) is 6.83. The monoisotopic (exact) mass is 147 g/mol. The van der Waals surface area contributed by atoms with E-state index in [1.165, 1.54) is 0 Å². The van der Waals surface area contributed by atoms with Crippen LogP contribution in [0.5, 0.6) is 0 Å². The van der Waals surface area contributed by atoms with Gasteiger partial charge in [-0.25, -0.2) is 0 Å². The van der Waals surface area contributed by atoms with Crippen LogP contribution in [0.1, 0.15) is 25.0 Å². The summed E-state index contributed by atoms with van der Waals surface area (Å²) >= 11 is 0. The molecule has 1 heterocycles. The van der Waals surface area contributed by atoms with E-state index in [4.69, 9.17) is 0 Å². The van der Waals surface area contributed by atoms with Gasteiger partial charge in [0, 0.05) is 17.8 Å². The molecule has 0 aromatic carbocycles. The van der Waals surface area contributed by atoms with Crippen LogP contribution >= 0.6 is 0 Å². The van der Waals surface area contributed by atoms with Crippen molar-refractivity contribution in [2.75, 3.05) is 0 Å². The number of rotatable bonds is 3. The summed E-state index contributed by atoms with van der Waals surface area (Å²) in [6.07, 6.45) is 4.76. The highest BCUT2D eigenvalue weighted by molar-refractivity contribution is 5.09. The van der Waals surface area contributed by atoms with Gasteiger partial charge in [-0.05, 0) is 18.6 Å². The molecule has 0 radical (unpaired) electrons. The minimum absolute atomic E-state index is 0.494. The van der Waals surface area contributed by atoms with E-state index in [9.17, 15) is 0 Å². The van der Waals surface area contributed by atoms with E-state index >= 15 is 0 Å². The third kappa shape index (κ3) is 2.19. The van der Waals surface area contributed by atoms with Crippen molar-refractivity contribution in [3.05, 3.63) is 42.7 Å². The van der Waals surface area contributed by atoms with Crippen molar-refractivity contribution in [2.45, 2.75) is 19.3 Å². The van der Waals surface area contributed by atoms with Gasteiger partial charge in [0.2, 0.25) is 0 Å². The maximum absolute atomic E-state index is 4.25. The highest BCUT2D eigenvalue weighted by Crippen LogP contribution is 2.15. The molecule has 1 heteroatoms. The molecule has 0 aliphatic rings. The normalized spacial score (nSPS) is 12.5. The van der Waals surface area contributed by atoms with Gasteiger partial charge in [0.05, 0.1) is 0 Å². The standard InChI is InChI=1S/C10H13N/c1-3-6-9(2)10-7-4-5-8-11-10/h3-5,7-9H,1,6H2,2H3/t9-/m1/s1. The Kier molecular flexibility index (Phi) is 2.84. The summed E-state index contributed by atoms with van der Waals surface area (Å²) in [5, 5.41) is 0. The second-order valence-electron chi connectivity index (χ2n) is 2.68. The Morgan fingerprint density at radius 3 is 3.00 bits per heavy atom. The smallest absolute Gasteiger partial charge is 0.0434 e. The fourth-order valence-corrected chi connectivity index (χ4v) is 1.04. The molecule has 11 heavy (non-hydrogen) atoms. The molecule has 0 N–H and O–H groups in total. The van der Waals surface area contributed by atoms with Crippen LogP contribution in [0.4, 0.5) is 0 Å². The zero-order valence-corrected chi connectivity index (χ0v) is 6.83. The summed E-state index contributed by atoms with van der Waals surface area (Å²) in [7, 11) is 0. The van der Waals surface area contributed by atoms with Gasteiger partial charge in [-0.1, -0.05) is 19.1 Å². The van der Waals surface area contributed by atoms with Gasteiger partial charge in [-0.3, -0.25) is 4.98 Å². The highest BCUT2D eigenvalue weighted by Gasteiger charge is 2.01. The molecular weight excluding hydrogens is 134 g/mol. The van der Waals surface area contributed by atoms with Crippen LogP contribution in [0.2, 0.25) is 0 Å². The third-order valence-electron chi connectivity index (χ3n) is 1.71. The van der Waals surface area contributed by atoms with Gasteiger partial charge in [0.1, 0.15) is 0 Å². The van der Waals surface area contributed by atoms with Crippen LogP contribution < -0.4 is 0 Å². The van der Waals surface area contributed by atoms with Crippen LogP contribution in [0, 0.1) is 0 Å². The van der Waals surface area contributed by atoms with Crippen LogP contribution in [0.25, 0.3) is 0 Å². The number of hydrogen-bond donors (Lipinski definition) is 0. The fraction of sp³-hybridized carbons (Fsp3) is 0.300. The zero-order chi connectivity index (χ0) is 8.10.